The maximum absolute atomic E-state index is 12.6. The molecule has 2 heterocycles. The molecule has 2 N–H and O–H groups in total. The number of nitrogens with zero attached hydrogens (tertiary/aromatic N) is 3. The second kappa shape index (κ2) is 9.13. The fraction of sp³-hybridized carbons (Fsp3) is 0.0400. The Kier molecular flexibility index (Phi) is 5.73. The molecule has 0 spiro atoms. The van der Waals surface area contributed by atoms with E-state index in [1.807, 2.05) is 78.9 Å². The summed E-state index contributed by atoms with van der Waals surface area (Å²) in [6.45, 7) is 0. The van der Waals surface area contributed by atoms with Crippen LogP contribution in [0.5, 0.6) is 0 Å². The molecule has 3 aromatic carbocycles. The van der Waals surface area contributed by atoms with Gasteiger partial charge in [0.15, 0.2) is 10.8 Å². The fourth-order valence-corrected chi connectivity index (χ4v) is 4.20. The average molecular weight is 454 g/mol. The standard InChI is InChI=1S/C25H19N5O2S/c31-23(27-19-10-3-1-4-11-19)18-9-7-8-17(14-18)16-33-25-28-22-21(24(32)29-25)15-26-30(22)20-12-5-2-6-13-20/h1-15H,16H2,(H,27,31)(H,28,29,32). The topological polar surface area (TPSA) is 92.7 Å². The molecular formula is C25H19N5O2S. The van der Waals surface area contributed by atoms with Gasteiger partial charge in [-0.05, 0) is 42.0 Å². The highest BCUT2D eigenvalue weighted by Gasteiger charge is 2.12. The number of aromatic amines is 1. The van der Waals surface area contributed by atoms with Crippen molar-refractivity contribution in [1.29, 1.82) is 0 Å². The third-order valence-electron chi connectivity index (χ3n) is 5.01. The molecule has 0 aliphatic rings. The maximum Gasteiger partial charge on any atom is 0.262 e. The predicted molar refractivity (Wildman–Crippen MR) is 130 cm³/mol. The van der Waals surface area contributed by atoms with E-state index in [1.165, 1.54) is 18.0 Å². The lowest BCUT2D eigenvalue weighted by Crippen LogP contribution is -2.12. The van der Waals surface area contributed by atoms with E-state index in [1.54, 1.807) is 10.7 Å². The van der Waals surface area contributed by atoms with E-state index in [-0.39, 0.29) is 11.5 Å². The van der Waals surface area contributed by atoms with Crippen LogP contribution in [0.3, 0.4) is 0 Å². The molecule has 0 aliphatic heterocycles. The van der Waals surface area contributed by atoms with Crippen LogP contribution in [0.1, 0.15) is 15.9 Å². The molecule has 2 aromatic heterocycles. The van der Waals surface area contributed by atoms with E-state index in [0.29, 0.717) is 27.5 Å². The average Bonchev–Trinajstić information content (AvgIpc) is 3.29. The normalized spacial score (nSPS) is 10.9. The lowest BCUT2D eigenvalue weighted by molar-refractivity contribution is 0.102. The number of nitrogens with one attached hydrogen (secondary N) is 2. The van der Waals surface area contributed by atoms with Crippen molar-refractivity contribution in [2.45, 2.75) is 10.9 Å². The molecule has 33 heavy (non-hydrogen) atoms. The van der Waals surface area contributed by atoms with Gasteiger partial charge in [-0.25, -0.2) is 9.67 Å². The Morgan fingerprint density at radius 1 is 0.970 bits per heavy atom. The molecule has 0 unspecified atom stereocenters. The third-order valence-corrected chi connectivity index (χ3v) is 5.96. The Hall–Kier alpha value is -4.17. The van der Waals surface area contributed by atoms with E-state index in [0.717, 1.165) is 16.9 Å². The van der Waals surface area contributed by atoms with Gasteiger partial charge in [0, 0.05) is 17.0 Å². The number of rotatable bonds is 6. The third kappa shape index (κ3) is 4.56. The summed E-state index contributed by atoms with van der Waals surface area (Å²) in [5.41, 5.74) is 3.35. The number of carbonyl (C=O) groups excluding carboxylic acids is 1. The van der Waals surface area contributed by atoms with E-state index < -0.39 is 0 Å². The zero-order valence-corrected chi connectivity index (χ0v) is 18.3. The molecule has 162 valence electrons. The van der Waals surface area contributed by atoms with Crippen molar-refractivity contribution < 1.29 is 4.79 Å². The monoisotopic (exact) mass is 453 g/mol. The number of hydrogen-bond acceptors (Lipinski definition) is 5. The van der Waals surface area contributed by atoms with E-state index >= 15 is 0 Å². The van der Waals surface area contributed by atoms with Crippen molar-refractivity contribution in [2.24, 2.45) is 0 Å². The number of aromatic nitrogens is 4. The first kappa shape index (κ1) is 20.7. The van der Waals surface area contributed by atoms with Gasteiger partial charge < -0.3 is 10.3 Å². The van der Waals surface area contributed by atoms with Gasteiger partial charge >= 0.3 is 0 Å². The van der Waals surface area contributed by atoms with Crippen LogP contribution in [0.2, 0.25) is 0 Å². The van der Waals surface area contributed by atoms with Crippen molar-refractivity contribution in [1.82, 2.24) is 19.7 Å². The van der Waals surface area contributed by atoms with Gasteiger partial charge in [0.05, 0.1) is 11.9 Å². The van der Waals surface area contributed by atoms with Crippen molar-refractivity contribution in [2.75, 3.05) is 5.32 Å². The van der Waals surface area contributed by atoms with Crippen LogP contribution in [0, 0.1) is 0 Å². The zero-order valence-electron chi connectivity index (χ0n) is 17.4. The zero-order chi connectivity index (χ0) is 22.6. The van der Waals surface area contributed by atoms with Crippen LogP contribution >= 0.6 is 11.8 Å². The largest absolute Gasteiger partial charge is 0.322 e. The fourth-order valence-electron chi connectivity index (χ4n) is 3.40. The van der Waals surface area contributed by atoms with Gasteiger partial charge in [-0.3, -0.25) is 9.59 Å². The molecular weight excluding hydrogens is 434 g/mol. The van der Waals surface area contributed by atoms with Gasteiger partial charge in [0.2, 0.25) is 0 Å². The Morgan fingerprint density at radius 2 is 1.73 bits per heavy atom. The summed E-state index contributed by atoms with van der Waals surface area (Å²) in [7, 11) is 0. The smallest absolute Gasteiger partial charge is 0.262 e. The molecule has 0 saturated heterocycles. The number of carbonyl (C=O) groups is 1. The number of para-hydroxylation sites is 2. The second-order valence-corrected chi connectivity index (χ2v) is 8.27. The van der Waals surface area contributed by atoms with Gasteiger partial charge in [-0.2, -0.15) is 5.10 Å². The first-order valence-electron chi connectivity index (χ1n) is 10.3. The second-order valence-electron chi connectivity index (χ2n) is 7.31. The molecule has 0 atom stereocenters. The number of benzene rings is 3. The molecule has 5 aromatic rings. The lowest BCUT2D eigenvalue weighted by Gasteiger charge is -2.07. The lowest BCUT2D eigenvalue weighted by atomic mass is 10.1. The van der Waals surface area contributed by atoms with Crippen LogP contribution in [0.25, 0.3) is 16.7 Å². The molecule has 0 radical (unpaired) electrons. The molecule has 0 bridgehead atoms. The Bertz CT molecular complexity index is 1480. The molecule has 8 heteroatoms. The minimum atomic E-state index is -0.235. The highest BCUT2D eigenvalue weighted by molar-refractivity contribution is 7.98. The summed E-state index contributed by atoms with van der Waals surface area (Å²) in [6, 6.07) is 26.3. The highest BCUT2D eigenvalue weighted by Crippen LogP contribution is 2.22. The minimum Gasteiger partial charge on any atom is -0.322 e. The molecule has 0 fully saturated rings. The summed E-state index contributed by atoms with van der Waals surface area (Å²) in [6.07, 6.45) is 1.53. The number of H-pyrrole nitrogens is 1. The molecule has 5 rings (SSSR count). The quantitative estimate of drug-likeness (QED) is 0.288. The van der Waals surface area contributed by atoms with Gasteiger partial charge in [0.25, 0.3) is 11.5 Å². The van der Waals surface area contributed by atoms with Crippen molar-refractivity contribution >= 4 is 34.4 Å². The van der Waals surface area contributed by atoms with Crippen molar-refractivity contribution in [3.63, 3.8) is 0 Å². The van der Waals surface area contributed by atoms with Crippen LogP contribution in [0.4, 0.5) is 5.69 Å². The summed E-state index contributed by atoms with van der Waals surface area (Å²) in [5, 5.41) is 8.15. The van der Waals surface area contributed by atoms with E-state index in [4.69, 9.17) is 0 Å². The Balaban J connectivity index is 1.35. The van der Waals surface area contributed by atoms with Crippen LogP contribution in [0.15, 0.2) is 101 Å². The first-order valence-corrected chi connectivity index (χ1v) is 11.3. The van der Waals surface area contributed by atoms with Crippen molar-refractivity contribution in [3.05, 3.63) is 113 Å². The van der Waals surface area contributed by atoms with Gasteiger partial charge in [-0.1, -0.05) is 60.3 Å². The van der Waals surface area contributed by atoms with Crippen LogP contribution < -0.4 is 10.9 Å². The molecule has 1 amide bonds. The van der Waals surface area contributed by atoms with Gasteiger partial charge in [0.1, 0.15) is 5.39 Å². The summed E-state index contributed by atoms with van der Waals surface area (Å²) >= 11 is 1.39. The Morgan fingerprint density at radius 3 is 2.52 bits per heavy atom. The van der Waals surface area contributed by atoms with E-state index in [2.05, 4.69) is 20.4 Å². The van der Waals surface area contributed by atoms with Crippen molar-refractivity contribution in [3.8, 4) is 5.69 Å². The number of hydrogen-bond donors (Lipinski definition) is 2. The number of amides is 1. The number of fused-ring (bicyclic) bond motifs is 1. The molecule has 0 saturated carbocycles. The first-order chi connectivity index (χ1) is 16.2. The van der Waals surface area contributed by atoms with Crippen LogP contribution in [-0.4, -0.2) is 25.7 Å². The maximum atomic E-state index is 12.6. The van der Waals surface area contributed by atoms with Crippen LogP contribution in [-0.2, 0) is 5.75 Å². The Labute approximate surface area is 193 Å². The van der Waals surface area contributed by atoms with E-state index in [9.17, 15) is 9.59 Å². The number of anilines is 1. The number of thioether (sulfide) groups is 1. The summed E-state index contributed by atoms with van der Waals surface area (Å²) in [5.74, 6) is 0.369. The van der Waals surface area contributed by atoms with Gasteiger partial charge in [-0.15, -0.1) is 0 Å². The summed E-state index contributed by atoms with van der Waals surface area (Å²) in [4.78, 5) is 32.6. The minimum absolute atomic E-state index is 0.173. The SMILES string of the molecule is O=C(Nc1ccccc1)c1cccc(CSc2nc3c(cnn3-c3ccccc3)c(=O)[nH]2)c1. The molecule has 0 aliphatic carbocycles. The molecule has 7 nitrogen and oxygen atoms in total. The summed E-state index contributed by atoms with van der Waals surface area (Å²) < 4.78 is 1.66. The predicted octanol–water partition coefficient (Wildman–Crippen LogP) is 4.65. The highest BCUT2D eigenvalue weighted by atomic mass is 32.2.